The van der Waals surface area contributed by atoms with Crippen LogP contribution < -0.4 is 5.32 Å². The summed E-state index contributed by atoms with van der Waals surface area (Å²) in [6.07, 6.45) is 6.26. The van der Waals surface area contributed by atoms with Crippen molar-refractivity contribution in [2.45, 2.75) is 49.8 Å². The van der Waals surface area contributed by atoms with Crippen molar-refractivity contribution >= 4 is 17.7 Å². The van der Waals surface area contributed by atoms with E-state index in [4.69, 9.17) is 4.42 Å². The van der Waals surface area contributed by atoms with E-state index >= 15 is 0 Å². The molecule has 1 amide bonds. The molecular formula is C15H21NO2S. The maximum absolute atomic E-state index is 12.3. The molecule has 0 spiro atoms. The normalized spacial score (nSPS) is 33.3. The van der Waals surface area contributed by atoms with Crippen LogP contribution in [0.15, 0.2) is 22.8 Å². The standard InChI is InChI=1S/C15H21NO2S/c1-2-19-14-7-3-5-12(14)16-15(17)11-9-10(11)13-6-4-8-18-13/h4,6,8,10-12,14H,2-3,5,7,9H2,1H3,(H,16,17)/t10-,11-,12+,14-/m1/s1. The zero-order chi connectivity index (χ0) is 13.2. The number of rotatable bonds is 5. The van der Waals surface area contributed by atoms with Crippen LogP contribution in [0.4, 0.5) is 0 Å². The lowest BCUT2D eigenvalue weighted by Gasteiger charge is -2.20. The Hall–Kier alpha value is -0.900. The molecule has 0 radical (unpaired) electrons. The first-order valence-corrected chi connectivity index (χ1v) is 8.30. The summed E-state index contributed by atoms with van der Waals surface area (Å²) in [5, 5.41) is 3.89. The van der Waals surface area contributed by atoms with E-state index in [0.29, 0.717) is 17.2 Å². The number of hydrogen-bond donors (Lipinski definition) is 1. The molecule has 0 unspecified atom stereocenters. The molecule has 0 bridgehead atoms. The summed E-state index contributed by atoms with van der Waals surface area (Å²) in [6.45, 7) is 2.19. The monoisotopic (exact) mass is 279 g/mol. The fourth-order valence-corrected chi connectivity index (χ4v) is 4.29. The lowest BCUT2D eigenvalue weighted by Crippen LogP contribution is -2.39. The van der Waals surface area contributed by atoms with Gasteiger partial charge in [0.1, 0.15) is 5.76 Å². The van der Waals surface area contributed by atoms with Crippen LogP contribution in [0.5, 0.6) is 0 Å². The first kappa shape index (κ1) is 13.1. The fourth-order valence-electron chi connectivity index (χ4n) is 3.10. The minimum Gasteiger partial charge on any atom is -0.469 e. The van der Waals surface area contributed by atoms with E-state index in [1.807, 2.05) is 23.9 Å². The van der Waals surface area contributed by atoms with Gasteiger partial charge in [-0.25, -0.2) is 0 Å². The van der Waals surface area contributed by atoms with Crippen molar-refractivity contribution in [1.29, 1.82) is 0 Å². The molecule has 0 aromatic carbocycles. The van der Waals surface area contributed by atoms with Gasteiger partial charge in [0.25, 0.3) is 0 Å². The zero-order valence-corrected chi connectivity index (χ0v) is 12.1. The predicted molar refractivity (Wildman–Crippen MR) is 77.3 cm³/mol. The van der Waals surface area contributed by atoms with E-state index in [1.165, 1.54) is 12.8 Å². The van der Waals surface area contributed by atoms with Crippen molar-refractivity contribution < 1.29 is 9.21 Å². The number of thioether (sulfide) groups is 1. The van der Waals surface area contributed by atoms with Crippen LogP contribution in [0.25, 0.3) is 0 Å². The van der Waals surface area contributed by atoms with E-state index in [-0.39, 0.29) is 11.8 Å². The molecule has 0 aliphatic heterocycles. The minimum atomic E-state index is 0.138. The molecule has 2 saturated carbocycles. The van der Waals surface area contributed by atoms with Crippen LogP contribution in [0.3, 0.4) is 0 Å². The third-order valence-electron chi connectivity index (χ3n) is 4.20. The minimum absolute atomic E-state index is 0.138. The van der Waals surface area contributed by atoms with E-state index in [1.54, 1.807) is 6.26 Å². The largest absolute Gasteiger partial charge is 0.469 e. The topological polar surface area (TPSA) is 42.2 Å². The number of amides is 1. The highest BCUT2D eigenvalue weighted by atomic mass is 32.2. The molecule has 4 atom stereocenters. The Balaban J connectivity index is 1.52. The smallest absolute Gasteiger partial charge is 0.224 e. The number of carbonyl (C=O) groups excluding carboxylic acids is 1. The summed E-state index contributed by atoms with van der Waals surface area (Å²) >= 11 is 1.99. The van der Waals surface area contributed by atoms with E-state index < -0.39 is 0 Å². The quantitative estimate of drug-likeness (QED) is 0.900. The Morgan fingerprint density at radius 2 is 2.42 bits per heavy atom. The SMILES string of the molecule is CCS[C@@H]1CCC[C@@H]1NC(=O)[C@@H]1C[C@H]1c1ccco1. The maximum atomic E-state index is 12.3. The van der Waals surface area contributed by atoms with Gasteiger partial charge in [0, 0.05) is 23.1 Å². The highest BCUT2D eigenvalue weighted by Crippen LogP contribution is 2.48. The van der Waals surface area contributed by atoms with E-state index in [0.717, 1.165) is 24.4 Å². The molecular weight excluding hydrogens is 258 g/mol. The number of furan rings is 1. The first-order chi connectivity index (χ1) is 9.29. The average Bonchev–Trinajstić information content (AvgIpc) is 2.83. The molecule has 2 aliphatic carbocycles. The van der Waals surface area contributed by atoms with Crippen molar-refractivity contribution in [3.63, 3.8) is 0 Å². The Kier molecular flexibility index (Phi) is 3.87. The van der Waals surface area contributed by atoms with Crippen LogP contribution in [-0.2, 0) is 4.79 Å². The molecule has 1 aromatic heterocycles. The van der Waals surface area contributed by atoms with Crippen molar-refractivity contribution in [2.24, 2.45) is 5.92 Å². The second kappa shape index (κ2) is 5.61. The van der Waals surface area contributed by atoms with Crippen LogP contribution >= 0.6 is 11.8 Å². The number of carbonyl (C=O) groups is 1. The summed E-state index contributed by atoms with van der Waals surface area (Å²) in [6, 6.07) is 4.26. The summed E-state index contributed by atoms with van der Waals surface area (Å²) in [4.78, 5) is 12.3. The maximum Gasteiger partial charge on any atom is 0.224 e. The van der Waals surface area contributed by atoms with E-state index in [9.17, 15) is 4.79 Å². The molecule has 2 aliphatic rings. The molecule has 3 nitrogen and oxygen atoms in total. The molecule has 19 heavy (non-hydrogen) atoms. The fraction of sp³-hybridized carbons (Fsp3) is 0.667. The zero-order valence-electron chi connectivity index (χ0n) is 11.3. The first-order valence-electron chi connectivity index (χ1n) is 7.25. The van der Waals surface area contributed by atoms with Gasteiger partial charge in [-0.15, -0.1) is 0 Å². The lowest BCUT2D eigenvalue weighted by atomic mass is 10.2. The van der Waals surface area contributed by atoms with Crippen molar-refractivity contribution in [3.05, 3.63) is 24.2 Å². The molecule has 0 saturated heterocycles. The average molecular weight is 279 g/mol. The van der Waals surface area contributed by atoms with Gasteiger partial charge in [-0.1, -0.05) is 13.3 Å². The summed E-state index contributed by atoms with van der Waals surface area (Å²) < 4.78 is 5.38. The summed E-state index contributed by atoms with van der Waals surface area (Å²) in [5.74, 6) is 2.78. The molecule has 2 fully saturated rings. The molecule has 1 aromatic rings. The Morgan fingerprint density at radius 1 is 1.53 bits per heavy atom. The third kappa shape index (κ3) is 2.83. The Bertz CT molecular complexity index is 431. The number of hydrogen-bond acceptors (Lipinski definition) is 3. The van der Waals surface area contributed by atoms with Crippen molar-refractivity contribution in [1.82, 2.24) is 5.32 Å². The second-order valence-electron chi connectivity index (χ2n) is 5.50. The van der Waals surface area contributed by atoms with Gasteiger partial charge in [0.2, 0.25) is 5.91 Å². The molecule has 1 heterocycles. The van der Waals surface area contributed by atoms with Crippen molar-refractivity contribution in [2.75, 3.05) is 5.75 Å². The van der Waals surface area contributed by atoms with Crippen molar-refractivity contribution in [3.8, 4) is 0 Å². The van der Waals surface area contributed by atoms with Gasteiger partial charge in [-0.05, 0) is 37.1 Å². The van der Waals surface area contributed by atoms with Gasteiger partial charge in [-0.2, -0.15) is 11.8 Å². The molecule has 1 N–H and O–H groups in total. The highest BCUT2D eigenvalue weighted by molar-refractivity contribution is 7.99. The third-order valence-corrected chi connectivity index (χ3v) is 5.52. The van der Waals surface area contributed by atoms with Crippen LogP contribution in [0.2, 0.25) is 0 Å². The predicted octanol–water partition coefficient (Wildman–Crippen LogP) is 3.17. The van der Waals surface area contributed by atoms with E-state index in [2.05, 4.69) is 12.2 Å². The van der Waals surface area contributed by atoms with Gasteiger partial charge in [-0.3, -0.25) is 4.79 Å². The van der Waals surface area contributed by atoms with Gasteiger partial charge < -0.3 is 9.73 Å². The Morgan fingerprint density at radius 3 is 3.16 bits per heavy atom. The lowest BCUT2D eigenvalue weighted by molar-refractivity contribution is -0.123. The summed E-state index contributed by atoms with van der Waals surface area (Å²) in [7, 11) is 0. The molecule has 4 heteroatoms. The van der Waals surface area contributed by atoms with Gasteiger partial charge in [0.15, 0.2) is 0 Å². The molecule has 104 valence electrons. The number of nitrogens with one attached hydrogen (secondary N) is 1. The summed E-state index contributed by atoms with van der Waals surface area (Å²) in [5.41, 5.74) is 0. The van der Waals surface area contributed by atoms with Crippen LogP contribution in [-0.4, -0.2) is 23.0 Å². The second-order valence-corrected chi connectivity index (χ2v) is 7.02. The highest BCUT2D eigenvalue weighted by Gasteiger charge is 2.46. The van der Waals surface area contributed by atoms with Gasteiger partial charge in [0.05, 0.1) is 6.26 Å². The van der Waals surface area contributed by atoms with Crippen LogP contribution in [0.1, 0.15) is 44.3 Å². The van der Waals surface area contributed by atoms with Crippen LogP contribution in [0, 0.1) is 5.92 Å². The van der Waals surface area contributed by atoms with Gasteiger partial charge >= 0.3 is 0 Å². The Labute approximate surface area is 118 Å². The molecule has 3 rings (SSSR count).